The molecule has 1 saturated heterocycles. The maximum Gasteiger partial charge on any atom is 0.162 e. The van der Waals surface area contributed by atoms with E-state index in [4.69, 9.17) is 11.6 Å². The van der Waals surface area contributed by atoms with Crippen molar-refractivity contribution < 1.29 is 4.79 Å². The van der Waals surface area contributed by atoms with Gasteiger partial charge >= 0.3 is 0 Å². The number of carbonyl (C=O) groups is 1. The highest BCUT2D eigenvalue weighted by molar-refractivity contribution is 7.16. The average Bonchev–Trinajstić information content (AvgIpc) is 3.30. The molecule has 146 valence electrons. The van der Waals surface area contributed by atoms with Crippen molar-refractivity contribution in [1.29, 1.82) is 0 Å². The zero-order chi connectivity index (χ0) is 19.5. The van der Waals surface area contributed by atoms with E-state index >= 15 is 0 Å². The lowest BCUT2D eigenvalue weighted by Gasteiger charge is -2.39. The highest BCUT2D eigenvalue weighted by Gasteiger charge is 2.41. The van der Waals surface area contributed by atoms with E-state index < -0.39 is 0 Å². The molecule has 0 amide bonds. The minimum Gasteiger partial charge on any atom is -0.371 e. The topological polar surface area (TPSA) is 32.3 Å². The van der Waals surface area contributed by atoms with E-state index in [1.54, 1.807) is 11.3 Å². The molecule has 0 saturated carbocycles. The number of anilines is 2. The van der Waals surface area contributed by atoms with Crippen LogP contribution in [0, 0.1) is 5.41 Å². The summed E-state index contributed by atoms with van der Waals surface area (Å²) in [4.78, 5) is 16.8. The monoisotopic (exact) mass is 412 g/mol. The van der Waals surface area contributed by atoms with Crippen molar-refractivity contribution in [3.63, 3.8) is 0 Å². The molecule has 2 aromatic rings. The molecule has 3 aliphatic rings. The highest BCUT2D eigenvalue weighted by atomic mass is 35.5. The molecule has 1 unspecified atom stereocenters. The molecule has 2 aliphatic heterocycles. The van der Waals surface area contributed by atoms with Crippen LogP contribution in [0.4, 0.5) is 11.4 Å². The number of ketones is 1. The van der Waals surface area contributed by atoms with E-state index in [0.717, 1.165) is 45.7 Å². The summed E-state index contributed by atoms with van der Waals surface area (Å²) in [6.45, 7) is 6.62. The molecule has 0 bridgehead atoms. The van der Waals surface area contributed by atoms with E-state index in [1.807, 2.05) is 6.07 Å². The Labute approximate surface area is 175 Å². The number of hydrogen-bond acceptors (Lipinski definition) is 4. The highest BCUT2D eigenvalue weighted by Crippen LogP contribution is 2.51. The summed E-state index contributed by atoms with van der Waals surface area (Å²) in [7, 11) is 0. The van der Waals surface area contributed by atoms with Crippen molar-refractivity contribution in [1.82, 2.24) is 0 Å². The number of nitrogens with one attached hydrogen (secondary N) is 1. The third-order valence-corrected chi connectivity index (χ3v) is 7.49. The molecule has 1 atom stereocenters. The molecule has 5 rings (SSSR count). The molecule has 3 nitrogen and oxygen atoms in total. The van der Waals surface area contributed by atoms with Crippen LogP contribution >= 0.6 is 22.9 Å². The molecule has 0 spiro atoms. The molecule has 1 aliphatic carbocycles. The Balaban J connectivity index is 1.64. The lowest BCUT2D eigenvalue weighted by Crippen LogP contribution is -2.33. The molecule has 1 N–H and O–H groups in total. The molecule has 1 aromatic carbocycles. The van der Waals surface area contributed by atoms with Crippen molar-refractivity contribution in [2.24, 2.45) is 5.41 Å². The van der Waals surface area contributed by atoms with Crippen molar-refractivity contribution >= 4 is 40.1 Å². The van der Waals surface area contributed by atoms with Gasteiger partial charge in [0.15, 0.2) is 5.78 Å². The number of Topliss-reactive ketones (excluding diaryl/α,β-unsaturated/α-hetero) is 1. The normalized spacial score (nSPS) is 23.5. The van der Waals surface area contributed by atoms with E-state index in [9.17, 15) is 4.79 Å². The van der Waals surface area contributed by atoms with E-state index in [2.05, 4.69) is 48.3 Å². The first-order chi connectivity index (χ1) is 13.4. The SMILES string of the molecule is CC1(C)CC(=O)C2=C(C1)Nc1cc(N3CCCC3)ccc1C2c1ccc(Cl)s1. The number of halogens is 1. The minimum atomic E-state index is -0.0139. The molecular formula is C23H25ClN2OS. The summed E-state index contributed by atoms with van der Waals surface area (Å²) in [5, 5.41) is 3.66. The number of allylic oxidation sites excluding steroid dienone is 2. The standard InChI is InChI=1S/C23H25ClN2OS/c1-23(2)12-17-22(18(27)13-23)21(19-7-8-20(24)28-19)15-6-5-14(11-16(15)25-17)26-9-3-4-10-26/h5-8,11,21,25H,3-4,9-10,12-13H2,1-2H3. The van der Waals surface area contributed by atoms with Gasteiger partial charge in [0.25, 0.3) is 0 Å². The Kier molecular flexibility index (Phi) is 4.33. The number of rotatable bonds is 2. The van der Waals surface area contributed by atoms with Gasteiger partial charge in [-0.05, 0) is 54.5 Å². The largest absolute Gasteiger partial charge is 0.371 e. The van der Waals surface area contributed by atoms with Gasteiger partial charge in [0.2, 0.25) is 0 Å². The third kappa shape index (κ3) is 3.07. The van der Waals surface area contributed by atoms with Crippen LogP contribution in [-0.4, -0.2) is 18.9 Å². The van der Waals surface area contributed by atoms with Gasteiger partial charge in [0, 0.05) is 47.0 Å². The number of hydrogen-bond donors (Lipinski definition) is 1. The van der Waals surface area contributed by atoms with Crippen molar-refractivity contribution in [2.75, 3.05) is 23.3 Å². The summed E-state index contributed by atoms with van der Waals surface area (Å²) in [5.41, 5.74) is 5.64. The predicted octanol–water partition coefficient (Wildman–Crippen LogP) is 6.20. The van der Waals surface area contributed by atoms with Crippen molar-refractivity contribution in [3.8, 4) is 0 Å². The number of nitrogens with zero attached hydrogens (tertiary/aromatic N) is 1. The van der Waals surface area contributed by atoms with Crippen LogP contribution < -0.4 is 10.2 Å². The van der Waals surface area contributed by atoms with Gasteiger partial charge in [-0.1, -0.05) is 31.5 Å². The van der Waals surface area contributed by atoms with Crippen LogP contribution in [0.2, 0.25) is 4.34 Å². The summed E-state index contributed by atoms with van der Waals surface area (Å²) in [6, 6.07) is 10.7. The molecular weight excluding hydrogens is 388 g/mol. The Morgan fingerprint density at radius 2 is 1.93 bits per heavy atom. The summed E-state index contributed by atoms with van der Waals surface area (Å²) >= 11 is 7.86. The van der Waals surface area contributed by atoms with Gasteiger partial charge in [0.1, 0.15) is 0 Å². The Morgan fingerprint density at radius 1 is 1.14 bits per heavy atom. The Hall–Kier alpha value is -1.78. The number of fused-ring (bicyclic) bond motifs is 1. The van der Waals surface area contributed by atoms with E-state index in [1.165, 1.54) is 24.1 Å². The fourth-order valence-electron chi connectivity index (χ4n) is 4.95. The first kappa shape index (κ1) is 18.3. The van der Waals surface area contributed by atoms with Crippen LogP contribution in [0.25, 0.3) is 0 Å². The zero-order valence-corrected chi connectivity index (χ0v) is 17.9. The lowest BCUT2D eigenvalue weighted by molar-refractivity contribution is -0.118. The fraction of sp³-hybridized carbons (Fsp3) is 0.435. The average molecular weight is 413 g/mol. The summed E-state index contributed by atoms with van der Waals surface area (Å²) < 4.78 is 0.773. The van der Waals surface area contributed by atoms with Gasteiger partial charge < -0.3 is 10.2 Å². The van der Waals surface area contributed by atoms with E-state index in [0.29, 0.717) is 6.42 Å². The summed E-state index contributed by atoms with van der Waals surface area (Å²) in [5.74, 6) is 0.252. The van der Waals surface area contributed by atoms with Crippen LogP contribution in [0.15, 0.2) is 41.6 Å². The van der Waals surface area contributed by atoms with Gasteiger partial charge in [-0.25, -0.2) is 0 Å². The quantitative estimate of drug-likeness (QED) is 0.637. The molecule has 0 radical (unpaired) electrons. The number of thiophene rings is 1. The molecule has 28 heavy (non-hydrogen) atoms. The maximum atomic E-state index is 13.2. The molecule has 5 heteroatoms. The third-order valence-electron chi connectivity index (χ3n) is 6.19. The molecule has 1 aromatic heterocycles. The second-order valence-corrected chi connectivity index (χ2v) is 10.7. The lowest BCUT2D eigenvalue weighted by atomic mass is 9.70. The summed E-state index contributed by atoms with van der Waals surface area (Å²) in [6.07, 6.45) is 4.03. The second kappa shape index (κ2) is 6.64. The smallest absolute Gasteiger partial charge is 0.162 e. The number of carbonyl (C=O) groups excluding carboxylic acids is 1. The molecule has 1 fully saturated rings. The second-order valence-electron chi connectivity index (χ2n) is 9.00. The fourth-order valence-corrected chi connectivity index (χ4v) is 6.14. The minimum absolute atomic E-state index is 0.00930. The van der Waals surface area contributed by atoms with Gasteiger partial charge in [-0.3, -0.25) is 4.79 Å². The van der Waals surface area contributed by atoms with Gasteiger partial charge in [-0.2, -0.15) is 0 Å². The first-order valence-corrected chi connectivity index (χ1v) is 11.3. The number of benzene rings is 1. The van der Waals surface area contributed by atoms with Gasteiger partial charge in [-0.15, -0.1) is 11.3 Å². The Bertz CT molecular complexity index is 984. The zero-order valence-electron chi connectivity index (χ0n) is 16.3. The van der Waals surface area contributed by atoms with Crippen LogP contribution in [0.5, 0.6) is 0 Å². The molecule has 3 heterocycles. The van der Waals surface area contributed by atoms with Crippen LogP contribution in [0.1, 0.15) is 55.9 Å². The van der Waals surface area contributed by atoms with Crippen LogP contribution in [0.3, 0.4) is 0 Å². The van der Waals surface area contributed by atoms with Crippen molar-refractivity contribution in [3.05, 3.63) is 56.4 Å². The first-order valence-electron chi connectivity index (χ1n) is 10.1. The van der Waals surface area contributed by atoms with E-state index in [-0.39, 0.29) is 17.1 Å². The predicted molar refractivity (Wildman–Crippen MR) is 118 cm³/mol. The van der Waals surface area contributed by atoms with Crippen LogP contribution in [-0.2, 0) is 4.79 Å². The van der Waals surface area contributed by atoms with Crippen molar-refractivity contribution in [2.45, 2.75) is 45.4 Å². The Morgan fingerprint density at radius 3 is 2.64 bits per heavy atom. The van der Waals surface area contributed by atoms with Gasteiger partial charge in [0.05, 0.1) is 10.3 Å². The maximum absolute atomic E-state index is 13.2.